The predicted molar refractivity (Wildman–Crippen MR) is 191 cm³/mol. The second-order valence-corrected chi connectivity index (χ2v) is 13.8. The second-order valence-electron chi connectivity index (χ2n) is 13.8. The van der Waals surface area contributed by atoms with E-state index in [9.17, 15) is 34.8 Å². The molecule has 1 aliphatic carbocycles. The van der Waals surface area contributed by atoms with E-state index in [-0.39, 0.29) is 50.7 Å². The van der Waals surface area contributed by atoms with E-state index in [0.29, 0.717) is 0 Å². The monoisotopic (exact) mass is 712 g/mol. The largest absolute Gasteiger partial charge is 0.516 e. The summed E-state index contributed by atoms with van der Waals surface area (Å²) >= 11 is 0. The third-order valence-electron chi connectivity index (χ3n) is 10.0. The van der Waals surface area contributed by atoms with E-state index < -0.39 is 76.9 Å². The standard InChI is InChI=1S/C38H52N2O11/c1-17(29(42)20(4)31(44)21(5)30(43)19(3)23(49-10)15-16-41)13-12-14-18(2)37(48)40-28-33(46)25-24(27(39-9)35(28)50-11)26-34(22(6)32(25)45)51-38(7,8)36(26)47/h12-17,19-21,23,29-31,41-45H,1-11H3,(H,40,48)/b13-12+,16-15+,18-14-,39-27?/t17-,19+,20+,21-,23-,29-,30+,31+/m0/s1. The number of fused-ring (bicyclic) bond motifs is 3. The van der Waals surface area contributed by atoms with E-state index in [0.717, 1.165) is 6.26 Å². The quantitative estimate of drug-likeness (QED) is 0.0929. The molecule has 0 fully saturated rings. The normalized spacial score (nSPS) is 21.5. The number of carbonyl (C=O) groups excluding carboxylic acids is 3. The van der Waals surface area contributed by atoms with Gasteiger partial charge in [0.2, 0.25) is 11.6 Å². The van der Waals surface area contributed by atoms with Crippen molar-refractivity contribution in [1.29, 1.82) is 0 Å². The number of benzene rings is 1. The number of nitrogens with zero attached hydrogens (tertiary/aromatic N) is 1. The molecule has 8 atom stereocenters. The van der Waals surface area contributed by atoms with Crippen molar-refractivity contribution in [2.24, 2.45) is 28.7 Å². The number of phenolic OH excluding ortho intramolecular Hbond substituents is 1. The van der Waals surface area contributed by atoms with Crippen LogP contribution in [0.1, 0.15) is 80.3 Å². The summed E-state index contributed by atoms with van der Waals surface area (Å²) in [6.07, 6.45) is 3.30. The summed E-state index contributed by atoms with van der Waals surface area (Å²) in [5.41, 5.74) is -1.06. The first-order valence-corrected chi connectivity index (χ1v) is 16.8. The Balaban J connectivity index is 1.81. The van der Waals surface area contributed by atoms with Gasteiger partial charge in [0, 0.05) is 54.5 Å². The van der Waals surface area contributed by atoms with Crippen LogP contribution in [0.5, 0.6) is 11.5 Å². The Hall–Kier alpha value is -4.30. The molecule has 1 amide bonds. The van der Waals surface area contributed by atoms with Gasteiger partial charge in [-0.25, -0.2) is 0 Å². The first-order valence-electron chi connectivity index (χ1n) is 16.8. The Kier molecular flexibility index (Phi) is 13.2. The molecule has 6 N–H and O–H groups in total. The maximum absolute atomic E-state index is 13.9. The Morgan fingerprint density at radius 2 is 1.53 bits per heavy atom. The van der Waals surface area contributed by atoms with Gasteiger partial charge in [-0.3, -0.25) is 19.4 Å². The fourth-order valence-electron chi connectivity index (χ4n) is 6.59. The van der Waals surface area contributed by atoms with Crippen molar-refractivity contribution in [3.05, 3.63) is 69.8 Å². The number of amides is 1. The van der Waals surface area contributed by atoms with E-state index in [2.05, 4.69) is 10.3 Å². The SMILES string of the molecule is CN=C1C(OC)=C(NC(=O)/C(C)=C\C=C\[C@H](C)[C@H](O)[C@@H](C)[C@@H](O)[C@@H](C)[C@H](O)[C@H](C)[C@H](/C=C/O)OC)C(=O)c2c(O)c(C)c3c(c21)C(=O)C(C)(C)O3. The number of phenols is 1. The zero-order valence-corrected chi connectivity index (χ0v) is 31.1. The van der Waals surface area contributed by atoms with Crippen LogP contribution >= 0.6 is 0 Å². The highest BCUT2D eigenvalue weighted by atomic mass is 16.5. The molecule has 13 nitrogen and oxygen atoms in total. The van der Waals surface area contributed by atoms with Gasteiger partial charge in [-0.05, 0) is 33.8 Å². The van der Waals surface area contributed by atoms with Crippen LogP contribution in [0.15, 0.2) is 52.6 Å². The number of aliphatic imine (C=N–C) groups is 1. The van der Waals surface area contributed by atoms with E-state index in [1.807, 2.05) is 0 Å². The van der Waals surface area contributed by atoms with Gasteiger partial charge in [-0.1, -0.05) is 45.9 Å². The zero-order chi connectivity index (χ0) is 38.7. The molecule has 280 valence electrons. The number of hydrogen-bond acceptors (Lipinski definition) is 12. The van der Waals surface area contributed by atoms with Gasteiger partial charge < -0.3 is 45.1 Å². The molecule has 2 aliphatic rings. The van der Waals surface area contributed by atoms with Crippen molar-refractivity contribution in [1.82, 2.24) is 5.32 Å². The summed E-state index contributed by atoms with van der Waals surface area (Å²) in [5, 5.41) is 55.8. The lowest BCUT2D eigenvalue weighted by atomic mass is 9.78. The average molecular weight is 713 g/mol. The number of aliphatic hydroxyl groups is 4. The number of methoxy groups -OCH3 is 2. The lowest BCUT2D eigenvalue weighted by molar-refractivity contribution is -0.116. The molecule has 13 heteroatoms. The Bertz CT molecular complexity index is 1690. The Morgan fingerprint density at radius 1 is 0.941 bits per heavy atom. The molecule has 0 unspecified atom stereocenters. The summed E-state index contributed by atoms with van der Waals surface area (Å²) in [6, 6.07) is 0. The second kappa shape index (κ2) is 16.4. The molecule has 0 aromatic heterocycles. The third kappa shape index (κ3) is 7.81. The van der Waals surface area contributed by atoms with Crippen molar-refractivity contribution in [2.45, 2.75) is 85.4 Å². The highest BCUT2D eigenvalue weighted by Crippen LogP contribution is 2.48. The summed E-state index contributed by atoms with van der Waals surface area (Å²) in [4.78, 5) is 44.9. The van der Waals surface area contributed by atoms with Crippen LogP contribution in [-0.4, -0.2) is 100 Å². The average Bonchev–Trinajstić information content (AvgIpc) is 3.35. The molecule has 1 heterocycles. The number of aliphatic hydroxyl groups excluding tert-OH is 4. The molecule has 3 rings (SSSR count). The highest BCUT2D eigenvalue weighted by molar-refractivity contribution is 6.33. The summed E-state index contributed by atoms with van der Waals surface area (Å²) in [6.45, 7) is 13.1. The van der Waals surface area contributed by atoms with Crippen LogP contribution in [0.3, 0.4) is 0 Å². The van der Waals surface area contributed by atoms with Crippen LogP contribution in [-0.2, 0) is 14.3 Å². The smallest absolute Gasteiger partial charge is 0.251 e. The van der Waals surface area contributed by atoms with Crippen molar-refractivity contribution in [3.8, 4) is 11.5 Å². The summed E-state index contributed by atoms with van der Waals surface area (Å²) < 4.78 is 16.7. The van der Waals surface area contributed by atoms with Gasteiger partial charge in [0.25, 0.3) is 5.91 Å². The number of hydrogen-bond donors (Lipinski definition) is 6. The number of nitrogens with one attached hydrogen (secondary N) is 1. The number of aromatic hydroxyl groups is 1. The maximum Gasteiger partial charge on any atom is 0.251 e. The predicted octanol–water partition coefficient (Wildman–Crippen LogP) is 3.86. The maximum atomic E-state index is 13.9. The van der Waals surface area contributed by atoms with Gasteiger partial charge >= 0.3 is 0 Å². The molecule has 0 saturated carbocycles. The number of allylic oxidation sites excluding steroid dienone is 4. The van der Waals surface area contributed by atoms with E-state index in [4.69, 9.17) is 19.3 Å². The van der Waals surface area contributed by atoms with Gasteiger partial charge in [0.05, 0.1) is 48.9 Å². The van der Waals surface area contributed by atoms with Crippen LogP contribution in [0.4, 0.5) is 0 Å². The molecular formula is C38H52N2O11. The molecule has 51 heavy (non-hydrogen) atoms. The lowest BCUT2D eigenvalue weighted by Crippen LogP contribution is -2.44. The van der Waals surface area contributed by atoms with E-state index in [1.54, 1.807) is 53.7 Å². The Morgan fingerprint density at radius 3 is 2.08 bits per heavy atom. The van der Waals surface area contributed by atoms with Crippen LogP contribution < -0.4 is 10.1 Å². The first-order chi connectivity index (χ1) is 23.8. The molecule has 1 aromatic carbocycles. The topological polar surface area (TPSA) is 204 Å². The number of carbonyl (C=O) groups is 3. The highest BCUT2D eigenvalue weighted by Gasteiger charge is 2.48. The lowest BCUT2D eigenvalue weighted by Gasteiger charge is -2.36. The molecule has 0 bridgehead atoms. The van der Waals surface area contributed by atoms with E-state index in [1.165, 1.54) is 47.3 Å². The van der Waals surface area contributed by atoms with Gasteiger partial charge in [0.1, 0.15) is 22.9 Å². The van der Waals surface area contributed by atoms with Crippen molar-refractivity contribution in [2.75, 3.05) is 21.3 Å². The number of Topliss-reactive ketones (excluding diaryl/α,β-unsaturated/α-hetero) is 2. The minimum Gasteiger partial charge on any atom is -0.516 e. The van der Waals surface area contributed by atoms with Gasteiger partial charge in [0.15, 0.2) is 11.4 Å². The van der Waals surface area contributed by atoms with Crippen molar-refractivity contribution in [3.63, 3.8) is 0 Å². The molecule has 0 spiro atoms. The van der Waals surface area contributed by atoms with Gasteiger partial charge in [-0.15, -0.1) is 0 Å². The van der Waals surface area contributed by atoms with Crippen molar-refractivity contribution < 1.29 is 54.1 Å². The van der Waals surface area contributed by atoms with Gasteiger partial charge in [-0.2, -0.15) is 0 Å². The first kappa shape index (κ1) is 41.1. The minimum atomic E-state index is -1.24. The molecular weight excluding hydrogens is 660 g/mol. The van der Waals surface area contributed by atoms with Crippen LogP contribution in [0, 0.1) is 30.6 Å². The van der Waals surface area contributed by atoms with E-state index >= 15 is 0 Å². The van der Waals surface area contributed by atoms with Crippen molar-refractivity contribution >= 4 is 23.2 Å². The number of rotatable bonds is 14. The molecule has 1 aliphatic heterocycles. The number of ether oxygens (including phenoxy) is 3. The third-order valence-corrected chi connectivity index (χ3v) is 10.0. The Labute approximate surface area is 299 Å². The fourth-order valence-corrected chi connectivity index (χ4v) is 6.59. The number of ketones is 2. The van der Waals surface area contributed by atoms with Crippen LogP contribution in [0.25, 0.3) is 0 Å². The molecule has 0 saturated heterocycles. The molecule has 1 aromatic rings. The summed E-state index contributed by atoms with van der Waals surface area (Å²) in [5.74, 6) is -4.37. The minimum absolute atomic E-state index is 0.0737. The summed E-state index contributed by atoms with van der Waals surface area (Å²) in [7, 11) is 4.18. The zero-order valence-electron chi connectivity index (χ0n) is 31.1. The fraction of sp³-hybridized carbons (Fsp3) is 0.526. The van der Waals surface area contributed by atoms with Crippen LogP contribution in [0.2, 0.25) is 0 Å². The molecule has 0 radical (unpaired) electrons.